The second-order valence-corrected chi connectivity index (χ2v) is 7.66. The van der Waals surface area contributed by atoms with E-state index in [1.165, 1.54) is 0 Å². The summed E-state index contributed by atoms with van der Waals surface area (Å²) < 4.78 is 46.5. The summed E-state index contributed by atoms with van der Waals surface area (Å²) >= 11 is 5.86. The molecule has 2 rings (SSSR count). The van der Waals surface area contributed by atoms with E-state index < -0.39 is 18.4 Å². The molecule has 0 bridgehead atoms. The Bertz CT molecular complexity index is 630. The van der Waals surface area contributed by atoms with Gasteiger partial charge in [0.2, 0.25) is 0 Å². The molecule has 1 saturated heterocycles. The number of benzene rings is 1. The van der Waals surface area contributed by atoms with Crippen LogP contribution < -0.4 is 4.74 Å². The summed E-state index contributed by atoms with van der Waals surface area (Å²) in [7, 11) is 0. The highest BCUT2D eigenvalue weighted by Gasteiger charge is 2.35. The molecule has 1 aromatic carbocycles. The van der Waals surface area contributed by atoms with E-state index in [-0.39, 0.29) is 12.5 Å². The Morgan fingerprint density at radius 1 is 1.11 bits per heavy atom. The van der Waals surface area contributed by atoms with Gasteiger partial charge < -0.3 is 14.4 Å². The highest BCUT2D eigenvalue weighted by Crippen LogP contribution is 2.23. The number of nitrogens with zero attached hydrogens (tertiary/aromatic N) is 2. The third-order valence-electron chi connectivity index (χ3n) is 4.39. The van der Waals surface area contributed by atoms with Crippen molar-refractivity contribution in [3.05, 3.63) is 29.3 Å². The summed E-state index contributed by atoms with van der Waals surface area (Å²) in [6.07, 6.45) is -3.76. The Morgan fingerprint density at radius 2 is 1.71 bits per heavy atom. The first-order valence-electron chi connectivity index (χ1n) is 9.18. The average Bonchev–Trinajstić information content (AvgIpc) is 2.62. The predicted molar refractivity (Wildman–Crippen MR) is 101 cm³/mol. The van der Waals surface area contributed by atoms with Crippen LogP contribution in [-0.2, 0) is 9.53 Å². The van der Waals surface area contributed by atoms with Crippen LogP contribution in [0, 0.1) is 0 Å². The van der Waals surface area contributed by atoms with Gasteiger partial charge in [0.1, 0.15) is 12.4 Å². The number of alkyl halides is 3. The van der Waals surface area contributed by atoms with E-state index in [9.17, 15) is 18.0 Å². The van der Waals surface area contributed by atoms with E-state index in [1.807, 2.05) is 0 Å². The number of carbonyl (C=O) groups is 1. The maximum atomic E-state index is 12.8. The number of hydrogen-bond acceptors (Lipinski definition) is 4. The molecule has 0 N–H and O–H groups in total. The van der Waals surface area contributed by atoms with E-state index in [1.54, 1.807) is 43.0 Å². The molecule has 28 heavy (non-hydrogen) atoms. The minimum absolute atomic E-state index is 0.0701. The van der Waals surface area contributed by atoms with Gasteiger partial charge in [0.05, 0.1) is 0 Å². The van der Waals surface area contributed by atoms with Gasteiger partial charge in [0.15, 0.2) is 5.60 Å². The third-order valence-corrected chi connectivity index (χ3v) is 4.64. The number of piperazine rings is 1. The standard InChI is InChI=1S/C19H26ClF3N2O3/c1-18(2,28-16-6-4-15(20)5-7-16)17(26)25-11-9-24(10-12-25)8-3-13-27-14-19(21,22)23/h4-7H,3,8-14H2,1-2H3. The van der Waals surface area contributed by atoms with E-state index in [0.29, 0.717) is 49.9 Å². The van der Waals surface area contributed by atoms with Gasteiger partial charge in [0, 0.05) is 44.4 Å². The molecule has 158 valence electrons. The Hall–Kier alpha value is -1.51. The number of rotatable bonds is 8. The minimum atomic E-state index is -4.28. The SMILES string of the molecule is CC(C)(Oc1ccc(Cl)cc1)C(=O)N1CCN(CCCOCC(F)(F)F)CC1. The Morgan fingerprint density at radius 3 is 2.29 bits per heavy atom. The molecule has 0 radical (unpaired) electrons. The minimum Gasteiger partial charge on any atom is -0.478 e. The molecule has 5 nitrogen and oxygen atoms in total. The molecule has 1 heterocycles. The van der Waals surface area contributed by atoms with E-state index in [0.717, 1.165) is 0 Å². The van der Waals surface area contributed by atoms with Gasteiger partial charge in [0.25, 0.3) is 5.91 Å². The molecule has 0 saturated carbocycles. The molecule has 0 unspecified atom stereocenters. The molecule has 0 spiro atoms. The van der Waals surface area contributed by atoms with Crippen molar-refractivity contribution in [2.75, 3.05) is 45.9 Å². The maximum absolute atomic E-state index is 12.8. The number of ether oxygens (including phenoxy) is 2. The normalized spacial score (nSPS) is 16.3. The lowest BCUT2D eigenvalue weighted by molar-refractivity contribution is -0.174. The maximum Gasteiger partial charge on any atom is 0.411 e. The average molecular weight is 423 g/mol. The van der Waals surface area contributed by atoms with Gasteiger partial charge in [-0.15, -0.1) is 0 Å². The zero-order valence-corrected chi connectivity index (χ0v) is 16.9. The number of halogens is 4. The quantitative estimate of drug-likeness (QED) is 0.600. The fraction of sp³-hybridized carbons (Fsp3) is 0.632. The Labute approximate surface area is 168 Å². The summed E-state index contributed by atoms with van der Waals surface area (Å²) in [6, 6.07) is 6.84. The molecule has 1 aliphatic heterocycles. The fourth-order valence-electron chi connectivity index (χ4n) is 2.97. The summed E-state index contributed by atoms with van der Waals surface area (Å²) in [6.45, 7) is 5.40. The second kappa shape index (κ2) is 9.80. The van der Waals surface area contributed by atoms with Gasteiger partial charge in [-0.05, 0) is 44.5 Å². The van der Waals surface area contributed by atoms with Crippen molar-refractivity contribution in [3.63, 3.8) is 0 Å². The molecule has 0 aromatic heterocycles. The zero-order valence-electron chi connectivity index (χ0n) is 16.1. The second-order valence-electron chi connectivity index (χ2n) is 7.22. The molecule has 9 heteroatoms. The van der Waals surface area contributed by atoms with Gasteiger partial charge in [-0.25, -0.2) is 0 Å². The highest BCUT2D eigenvalue weighted by molar-refractivity contribution is 6.30. The molecule has 1 aliphatic rings. The highest BCUT2D eigenvalue weighted by atomic mass is 35.5. The molecule has 0 atom stereocenters. The van der Waals surface area contributed by atoms with Crippen LogP contribution in [0.15, 0.2) is 24.3 Å². The van der Waals surface area contributed by atoms with Crippen LogP contribution in [-0.4, -0.2) is 73.4 Å². The predicted octanol–water partition coefficient (Wildman–Crippen LogP) is 3.61. The van der Waals surface area contributed by atoms with Crippen LogP contribution >= 0.6 is 11.6 Å². The third kappa shape index (κ3) is 7.48. The van der Waals surface area contributed by atoms with E-state index >= 15 is 0 Å². The van der Waals surface area contributed by atoms with Crippen LogP contribution in [0.5, 0.6) is 5.75 Å². The van der Waals surface area contributed by atoms with E-state index in [2.05, 4.69) is 9.64 Å². The van der Waals surface area contributed by atoms with Crippen LogP contribution in [0.4, 0.5) is 13.2 Å². The largest absolute Gasteiger partial charge is 0.478 e. The van der Waals surface area contributed by atoms with Crippen molar-refractivity contribution in [3.8, 4) is 5.75 Å². The van der Waals surface area contributed by atoms with Crippen molar-refractivity contribution in [2.24, 2.45) is 0 Å². The number of hydrogen-bond donors (Lipinski definition) is 0. The van der Waals surface area contributed by atoms with Crippen LogP contribution in [0.3, 0.4) is 0 Å². The monoisotopic (exact) mass is 422 g/mol. The smallest absolute Gasteiger partial charge is 0.411 e. The summed E-state index contributed by atoms with van der Waals surface area (Å²) in [5, 5.41) is 0.594. The molecule has 0 aliphatic carbocycles. The first kappa shape index (κ1) is 22.8. The van der Waals surface area contributed by atoms with Crippen molar-refractivity contribution < 1.29 is 27.4 Å². The number of carbonyl (C=O) groups excluding carboxylic acids is 1. The van der Waals surface area contributed by atoms with Gasteiger partial charge in [-0.3, -0.25) is 9.69 Å². The van der Waals surface area contributed by atoms with Crippen LogP contribution in [0.25, 0.3) is 0 Å². The molecule has 1 fully saturated rings. The van der Waals surface area contributed by atoms with E-state index in [4.69, 9.17) is 16.3 Å². The lowest BCUT2D eigenvalue weighted by Gasteiger charge is -2.38. The molecule has 1 amide bonds. The lowest BCUT2D eigenvalue weighted by Crippen LogP contribution is -2.55. The Balaban J connectivity index is 1.72. The summed E-state index contributed by atoms with van der Waals surface area (Å²) in [5.41, 5.74) is -1.01. The first-order chi connectivity index (χ1) is 13.1. The van der Waals surface area contributed by atoms with Gasteiger partial charge in [-0.1, -0.05) is 11.6 Å². The molecular formula is C19H26ClF3N2O3. The molecule has 1 aromatic rings. The topological polar surface area (TPSA) is 42.0 Å². The Kier molecular flexibility index (Phi) is 7.97. The van der Waals surface area contributed by atoms with Gasteiger partial charge >= 0.3 is 6.18 Å². The lowest BCUT2D eigenvalue weighted by atomic mass is 10.1. The van der Waals surface area contributed by atoms with Crippen molar-refractivity contribution in [2.45, 2.75) is 32.0 Å². The summed E-state index contributed by atoms with van der Waals surface area (Å²) in [4.78, 5) is 16.7. The molecular weight excluding hydrogens is 397 g/mol. The fourth-order valence-corrected chi connectivity index (χ4v) is 3.10. The summed E-state index contributed by atoms with van der Waals surface area (Å²) in [5.74, 6) is 0.468. The zero-order chi connectivity index (χ0) is 20.8. The van der Waals surface area contributed by atoms with Crippen molar-refractivity contribution in [1.82, 2.24) is 9.80 Å². The van der Waals surface area contributed by atoms with Crippen LogP contribution in [0.2, 0.25) is 5.02 Å². The van der Waals surface area contributed by atoms with Crippen LogP contribution in [0.1, 0.15) is 20.3 Å². The number of amides is 1. The van der Waals surface area contributed by atoms with Crippen molar-refractivity contribution >= 4 is 17.5 Å². The first-order valence-corrected chi connectivity index (χ1v) is 9.55. The van der Waals surface area contributed by atoms with Crippen molar-refractivity contribution in [1.29, 1.82) is 0 Å². The van der Waals surface area contributed by atoms with Gasteiger partial charge in [-0.2, -0.15) is 13.2 Å².